The summed E-state index contributed by atoms with van der Waals surface area (Å²) in [6, 6.07) is 7.56. The molecule has 1 N–H and O–H groups in total. The number of fused-ring (bicyclic) bond motifs is 1. The lowest BCUT2D eigenvalue weighted by atomic mass is 10.1. The molecule has 2 heterocycles. The van der Waals surface area contributed by atoms with E-state index in [0.29, 0.717) is 26.0 Å². The number of ether oxygens (including phenoxy) is 2. The lowest BCUT2D eigenvalue weighted by Crippen LogP contribution is -2.40. The Bertz CT molecular complexity index is 739. The van der Waals surface area contributed by atoms with Gasteiger partial charge in [-0.3, -0.25) is 9.48 Å². The number of hydrogen-bond acceptors (Lipinski definition) is 4. The zero-order chi connectivity index (χ0) is 17.1. The van der Waals surface area contributed by atoms with Crippen LogP contribution in [0.1, 0.15) is 23.4 Å². The summed E-state index contributed by atoms with van der Waals surface area (Å²) in [6.07, 6.45) is 0.977. The SMILES string of the molecule is Cc1nn(C)c(C)c1CCC(=O)NC[C@H]1COc2ccccc2O1. The topological polar surface area (TPSA) is 65.4 Å². The molecule has 0 spiro atoms. The first-order valence-electron chi connectivity index (χ1n) is 8.19. The number of para-hydroxylation sites is 2. The van der Waals surface area contributed by atoms with E-state index in [1.165, 1.54) is 0 Å². The summed E-state index contributed by atoms with van der Waals surface area (Å²) in [5.74, 6) is 1.49. The summed E-state index contributed by atoms with van der Waals surface area (Å²) in [5, 5.41) is 7.31. The predicted octanol–water partition coefficient (Wildman–Crippen LogP) is 1.93. The fourth-order valence-electron chi connectivity index (χ4n) is 2.90. The summed E-state index contributed by atoms with van der Waals surface area (Å²) < 4.78 is 13.3. The Hall–Kier alpha value is -2.50. The first kappa shape index (κ1) is 16.4. The monoisotopic (exact) mass is 329 g/mol. The summed E-state index contributed by atoms with van der Waals surface area (Å²) >= 11 is 0. The van der Waals surface area contributed by atoms with Crippen molar-refractivity contribution < 1.29 is 14.3 Å². The van der Waals surface area contributed by atoms with Gasteiger partial charge in [-0.15, -0.1) is 0 Å². The van der Waals surface area contributed by atoms with Crippen LogP contribution in [-0.2, 0) is 18.3 Å². The second kappa shape index (κ2) is 6.95. The molecular weight excluding hydrogens is 306 g/mol. The number of carbonyl (C=O) groups is 1. The number of hydrogen-bond donors (Lipinski definition) is 1. The zero-order valence-electron chi connectivity index (χ0n) is 14.3. The van der Waals surface area contributed by atoms with Crippen molar-refractivity contribution in [1.29, 1.82) is 0 Å². The number of carbonyl (C=O) groups excluding carboxylic acids is 1. The minimum atomic E-state index is -0.161. The predicted molar refractivity (Wildman–Crippen MR) is 90.4 cm³/mol. The molecule has 0 aliphatic carbocycles. The molecule has 0 saturated heterocycles. The van der Waals surface area contributed by atoms with Crippen LogP contribution in [0.2, 0.25) is 0 Å². The number of amides is 1. The maximum Gasteiger partial charge on any atom is 0.220 e. The standard InChI is InChI=1S/C18H23N3O3/c1-12-15(13(2)21(3)20-12)8-9-18(22)19-10-14-11-23-16-6-4-5-7-17(16)24-14/h4-7,14H,8-11H2,1-3H3,(H,19,22)/t14-/m0/s1. The molecule has 6 nitrogen and oxygen atoms in total. The highest BCUT2D eigenvalue weighted by molar-refractivity contribution is 5.76. The summed E-state index contributed by atoms with van der Waals surface area (Å²) in [5.41, 5.74) is 3.25. The molecule has 3 rings (SSSR count). The first-order chi connectivity index (χ1) is 11.5. The van der Waals surface area contributed by atoms with Crippen molar-refractivity contribution in [3.05, 3.63) is 41.2 Å². The van der Waals surface area contributed by atoms with Crippen molar-refractivity contribution in [3.63, 3.8) is 0 Å². The van der Waals surface area contributed by atoms with Crippen molar-refractivity contribution in [2.45, 2.75) is 32.8 Å². The molecule has 1 amide bonds. The third-order valence-corrected chi connectivity index (χ3v) is 4.36. The lowest BCUT2D eigenvalue weighted by Gasteiger charge is -2.26. The van der Waals surface area contributed by atoms with Gasteiger partial charge in [-0.05, 0) is 38.0 Å². The second-order valence-electron chi connectivity index (χ2n) is 6.07. The Labute approximate surface area is 141 Å². The van der Waals surface area contributed by atoms with Crippen LogP contribution in [0, 0.1) is 13.8 Å². The average Bonchev–Trinajstić information content (AvgIpc) is 2.83. The van der Waals surface area contributed by atoms with Crippen molar-refractivity contribution in [2.75, 3.05) is 13.2 Å². The van der Waals surface area contributed by atoms with Crippen molar-refractivity contribution in [2.24, 2.45) is 7.05 Å². The molecule has 0 radical (unpaired) electrons. The Balaban J connectivity index is 1.46. The van der Waals surface area contributed by atoms with Crippen LogP contribution in [0.4, 0.5) is 0 Å². The van der Waals surface area contributed by atoms with E-state index < -0.39 is 0 Å². The zero-order valence-corrected chi connectivity index (χ0v) is 14.3. The summed E-state index contributed by atoms with van der Waals surface area (Å²) in [4.78, 5) is 12.1. The minimum absolute atomic E-state index is 0.0140. The van der Waals surface area contributed by atoms with E-state index in [1.54, 1.807) is 0 Å². The van der Waals surface area contributed by atoms with E-state index in [0.717, 1.165) is 28.5 Å². The smallest absolute Gasteiger partial charge is 0.220 e. The average molecular weight is 329 g/mol. The molecule has 0 fully saturated rings. The van der Waals surface area contributed by atoms with Gasteiger partial charge in [0, 0.05) is 19.2 Å². The quantitative estimate of drug-likeness (QED) is 0.910. The summed E-state index contributed by atoms with van der Waals surface area (Å²) in [7, 11) is 1.92. The van der Waals surface area contributed by atoms with Crippen LogP contribution in [0.15, 0.2) is 24.3 Å². The molecule has 1 aromatic heterocycles. The normalized spacial score (nSPS) is 16.0. The van der Waals surface area contributed by atoms with Crippen LogP contribution < -0.4 is 14.8 Å². The minimum Gasteiger partial charge on any atom is -0.486 e. The first-order valence-corrected chi connectivity index (χ1v) is 8.19. The van der Waals surface area contributed by atoms with Gasteiger partial charge < -0.3 is 14.8 Å². The lowest BCUT2D eigenvalue weighted by molar-refractivity contribution is -0.121. The van der Waals surface area contributed by atoms with Gasteiger partial charge in [-0.25, -0.2) is 0 Å². The van der Waals surface area contributed by atoms with E-state index >= 15 is 0 Å². The number of nitrogens with one attached hydrogen (secondary N) is 1. The molecule has 24 heavy (non-hydrogen) atoms. The van der Waals surface area contributed by atoms with Gasteiger partial charge in [0.15, 0.2) is 11.5 Å². The third-order valence-electron chi connectivity index (χ3n) is 4.36. The Morgan fingerprint density at radius 1 is 1.33 bits per heavy atom. The molecule has 1 aliphatic heterocycles. The maximum absolute atomic E-state index is 12.1. The third kappa shape index (κ3) is 3.53. The van der Waals surface area contributed by atoms with Crippen LogP contribution in [0.25, 0.3) is 0 Å². The van der Waals surface area contributed by atoms with E-state index in [4.69, 9.17) is 9.47 Å². The highest BCUT2D eigenvalue weighted by Gasteiger charge is 2.21. The number of aromatic nitrogens is 2. The van der Waals surface area contributed by atoms with Gasteiger partial charge in [-0.2, -0.15) is 5.10 Å². The van der Waals surface area contributed by atoms with E-state index in [9.17, 15) is 4.79 Å². The molecule has 6 heteroatoms. The van der Waals surface area contributed by atoms with Crippen LogP contribution in [0.3, 0.4) is 0 Å². The van der Waals surface area contributed by atoms with Gasteiger partial charge in [0.1, 0.15) is 12.7 Å². The van der Waals surface area contributed by atoms with Crippen molar-refractivity contribution >= 4 is 5.91 Å². The largest absolute Gasteiger partial charge is 0.486 e. The summed E-state index contributed by atoms with van der Waals surface area (Å²) in [6.45, 7) is 4.89. The highest BCUT2D eigenvalue weighted by Crippen LogP contribution is 2.30. The van der Waals surface area contributed by atoms with Crippen molar-refractivity contribution in [1.82, 2.24) is 15.1 Å². The number of benzene rings is 1. The Morgan fingerprint density at radius 2 is 2.08 bits per heavy atom. The van der Waals surface area contributed by atoms with E-state index in [-0.39, 0.29) is 12.0 Å². The highest BCUT2D eigenvalue weighted by atomic mass is 16.6. The number of aryl methyl sites for hydroxylation is 2. The van der Waals surface area contributed by atoms with Crippen LogP contribution >= 0.6 is 0 Å². The Morgan fingerprint density at radius 3 is 2.79 bits per heavy atom. The van der Waals surface area contributed by atoms with Gasteiger partial charge in [0.05, 0.1) is 12.2 Å². The van der Waals surface area contributed by atoms with Gasteiger partial charge in [-0.1, -0.05) is 12.1 Å². The van der Waals surface area contributed by atoms with E-state index in [1.807, 2.05) is 49.8 Å². The number of nitrogens with zero attached hydrogens (tertiary/aromatic N) is 2. The molecule has 0 saturated carbocycles. The van der Waals surface area contributed by atoms with Crippen LogP contribution in [0.5, 0.6) is 11.5 Å². The molecule has 1 atom stereocenters. The number of rotatable bonds is 5. The van der Waals surface area contributed by atoms with Gasteiger partial charge >= 0.3 is 0 Å². The van der Waals surface area contributed by atoms with Gasteiger partial charge in [0.25, 0.3) is 0 Å². The van der Waals surface area contributed by atoms with E-state index in [2.05, 4.69) is 10.4 Å². The fourth-order valence-corrected chi connectivity index (χ4v) is 2.90. The molecule has 0 unspecified atom stereocenters. The van der Waals surface area contributed by atoms with Crippen LogP contribution in [-0.4, -0.2) is 34.9 Å². The molecule has 128 valence electrons. The molecule has 0 bridgehead atoms. The van der Waals surface area contributed by atoms with Gasteiger partial charge in [0.2, 0.25) is 5.91 Å². The second-order valence-corrected chi connectivity index (χ2v) is 6.07. The Kier molecular flexibility index (Phi) is 4.74. The maximum atomic E-state index is 12.1. The molecule has 1 aliphatic rings. The molecule has 1 aromatic carbocycles. The fraction of sp³-hybridized carbons (Fsp3) is 0.444. The molecule has 2 aromatic rings. The van der Waals surface area contributed by atoms with Crippen molar-refractivity contribution in [3.8, 4) is 11.5 Å². The molecular formula is C18H23N3O3.